The summed E-state index contributed by atoms with van der Waals surface area (Å²) in [5, 5.41) is 7.83. The van der Waals surface area contributed by atoms with Crippen LogP contribution in [-0.2, 0) is 4.74 Å². The molecule has 0 radical (unpaired) electrons. The molecule has 0 amide bonds. The molecule has 1 fully saturated rings. The van der Waals surface area contributed by atoms with E-state index in [-0.39, 0.29) is 5.84 Å². The summed E-state index contributed by atoms with van der Waals surface area (Å²) in [5.41, 5.74) is 7.50. The molecule has 2 rings (SSSR count). The van der Waals surface area contributed by atoms with Gasteiger partial charge in [-0.05, 0) is 44.2 Å². The predicted molar refractivity (Wildman–Crippen MR) is 81.4 cm³/mol. The quantitative estimate of drug-likeness (QED) is 0.589. The summed E-state index contributed by atoms with van der Waals surface area (Å²) in [6, 6.07) is 2.30. The third-order valence-electron chi connectivity index (χ3n) is 4.01. The Labute approximate surface area is 120 Å². The van der Waals surface area contributed by atoms with Crippen molar-refractivity contribution in [1.82, 2.24) is 4.98 Å². The molecule has 0 saturated heterocycles. The summed E-state index contributed by atoms with van der Waals surface area (Å²) in [6.45, 7) is 5.61. The Balaban J connectivity index is 2.36. The molecule has 1 saturated carbocycles. The van der Waals surface area contributed by atoms with Crippen molar-refractivity contribution in [3.8, 4) is 0 Å². The van der Waals surface area contributed by atoms with Crippen molar-refractivity contribution in [2.45, 2.75) is 32.7 Å². The Morgan fingerprint density at radius 3 is 2.85 bits per heavy atom. The third-order valence-corrected chi connectivity index (χ3v) is 4.01. The molecule has 0 bridgehead atoms. The molecule has 5 nitrogen and oxygen atoms in total. The van der Waals surface area contributed by atoms with E-state index in [2.05, 4.69) is 16.8 Å². The molecule has 1 unspecified atom stereocenters. The molecular formula is C15H24N4O. The van der Waals surface area contributed by atoms with Crippen LogP contribution < -0.4 is 10.6 Å². The number of amidine groups is 1. The Morgan fingerprint density at radius 1 is 1.60 bits per heavy atom. The van der Waals surface area contributed by atoms with Crippen LogP contribution in [0.15, 0.2) is 12.3 Å². The number of hydrogen-bond acceptors (Lipinski definition) is 4. The van der Waals surface area contributed by atoms with Crippen molar-refractivity contribution in [2.75, 3.05) is 25.2 Å². The zero-order valence-electron chi connectivity index (χ0n) is 12.5. The first kappa shape index (κ1) is 14.8. The number of rotatable bonds is 7. The smallest absolute Gasteiger partial charge is 0.140 e. The number of nitrogens with zero attached hydrogens (tertiary/aromatic N) is 2. The van der Waals surface area contributed by atoms with E-state index >= 15 is 0 Å². The lowest BCUT2D eigenvalue weighted by Crippen LogP contribution is -2.39. The minimum atomic E-state index is 0.0796. The van der Waals surface area contributed by atoms with Crippen molar-refractivity contribution >= 4 is 11.7 Å². The van der Waals surface area contributed by atoms with Crippen LogP contribution in [0.2, 0.25) is 0 Å². The van der Waals surface area contributed by atoms with Crippen molar-refractivity contribution in [3.05, 3.63) is 23.4 Å². The number of nitrogens with one attached hydrogen (secondary N) is 1. The summed E-state index contributed by atoms with van der Waals surface area (Å²) in [4.78, 5) is 6.74. The minimum absolute atomic E-state index is 0.0796. The molecular weight excluding hydrogens is 252 g/mol. The monoisotopic (exact) mass is 276 g/mol. The van der Waals surface area contributed by atoms with E-state index in [0.29, 0.717) is 18.6 Å². The molecule has 1 aromatic heterocycles. The largest absolute Gasteiger partial charge is 0.384 e. The lowest BCUT2D eigenvalue weighted by atomic mass is 10.1. The summed E-state index contributed by atoms with van der Waals surface area (Å²) in [6.07, 6.45) is 4.33. The van der Waals surface area contributed by atoms with Gasteiger partial charge in [0.25, 0.3) is 0 Å². The highest BCUT2D eigenvalue weighted by Gasteiger charge is 2.33. The fraction of sp³-hybridized carbons (Fsp3) is 0.600. The van der Waals surface area contributed by atoms with Crippen molar-refractivity contribution in [2.24, 2.45) is 11.7 Å². The topological polar surface area (TPSA) is 75.2 Å². The van der Waals surface area contributed by atoms with Gasteiger partial charge in [-0.1, -0.05) is 0 Å². The molecule has 20 heavy (non-hydrogen) atoms. The average Bonchev–Trinajstić information content (AvgIpc) is 3.22. The fourth-order valence-electron chi connectivity index (χ4n) is 2.62. The summed E-state index contributed by atoms with van der Waals surface area (Å²) < 4.78 is 5.22. The maximum atomic E-state index is 7.83. The normalized spacial score (nSPS) is 15.9. The van der Waals surface area contributed by atoms with Crippen molar-refractivity contribution in [3.63, 3.8) is 0 Å². The molecule has 0 aliphatic heterocycles. The van der Waals surface area contributed by atoms with E-state index in [9.17, 15) is 0 Å². The average molecular weight is 276 g/mol. The zero-order valence-corrected chi connectivity index (χ0v) is 12.5. The van der Waals surface area contributed by atoms with Gasteiger partial charge in [0.1, 0.15) is 11.7 Å². The van der Waals surface area contributed by atoms with Crippen LogP contribution in [0.4, 0.5) is 5.82 Å². The number of hydrogen-bond donors (Lipinski definition) is 2. The highest BCUT2D eigenvalue weighted by Crippen LogP contribution is 2.37. The van der Waals surface area contributed by atoms with Gasteiger partial charge in [-0.15, -0.1) is 0 Å². The molecule has 5 heteroatoms. The molecule has 0 spiro atoms. The standard InChI is InChI=1S/C15H24N4O/c1-10-6-7-18-15(13(10)14(16)17)19(8-9-20-3)11(2)12-4-5-12/h6-7,11-12H,4-5,8-9H2,1-3H3,(H3,16,17). The van der Waals surface area contributed by atoms with Gasteiger partial charge in [0, 0.05) is 25.9 Å². The van der Waals surface area contributed by atoms with E-state index < -0.39 is 0 Å². The lowest BCUT2D eigenvalue weighted by molar-refractivity contribution is 0.202. The molecule has 1 aliphatic carbocycles. The number of aryl methyl sites for hydroxylation is 1. The first-order valence-electron chi connectivity index (χ1n) is 7.11. The van der Waals surface area contributed by atoms with Gasteiger partial charge in [0.05, 0.1) is 12.2 Å². The predicted octanol–water partition coefficient (Wildman–Crippen LogP) is 1.93. The van der Waals surface area contributed by atoms with Crippen LogP contribution in [0.1, 0.15) is 30.9 Å². The second kappa shape index (κ2) is 6.22. The lowest BCUT2D eigenvalue weighted by Gasteiger charge is -2.32. The van der Waals surface area contributed by atoms with E-state index in [1.54, 1.807) is 13.3 Å². The number of pyridine rings is 1. The van der Waals surface area contributed by atoms with Gasteiger partial charge in [0.15, 0.2) is 0 Å². The molecule has 110 valence electrons. The zero-order chi connectivity index (χ0) is 14.7. The summed E-state index contributed by atoms with van der Waals surface area (Å²) in [5.74, 6) is 1.61. The van der Waals surface area contributed by atoms with Crippen LogP contribution in [-0.4, -0.2) is 37.1 Å². The first-order chi connectivity index (χ1) is 9.56. The number of methoxy groups -OCH3 is 1. The van der Waals surface area contributed by atoms with Crippen molar-refractivity contribution < 1.29 is 4.74 Å². The number of aromatic nitrogens is 1. The molecule has 1 atom stereocenters. The van der Waals surface area contributed by atoms with E-state index in [1.165, 1.54) is 12.8 Å². The second-order valence-corrected chi connectivity index (χ2v) is 5.50. The van der Waals surface area contributed by atoms with Gasteiger partial charge in [-0.3, -0.25) is 5.41 Å². The van der Waals surface area contributed by atoms with Gasteiger partial charge in [-0.2, -0.15) is 0 Å². The molecule has 3 N–H and O–H groups in total. The van der Waals surface area contributed by atoms with Crippen LogP contribution in [0.3, 0.4) is 0 Å². The maximum absolute atomic E-state index is 7.83. The second-order valence-electron chi connectivity index (χ2n) is 5.50. The molecule has 1 heterocycles. The first-order valence-corrected chi connectivity index (χ1v) is 7.11. The van der Waals surface area contributed by atoms with E-state index in [0.717, 1.165) is 23.5 Å². The van der Waals surface area contributed by atoms with Gasteiger partial charge in [0.2, 0.25) is 0 Å². The highest BCUT2D eigenvalue weighted by atomic mass is 16.5. The Hall–Kier alpha value is -1.62. The van der Waals surface area contributed by atoms with Crippen LogP contribution in [0.5, 0.6) is 0 Å². The van der Waals surface area contributed by atoms with Gasteiger partial charge >= 0.3 is 0 Å². The van der Waals surface area contributed by atoms with Gasteiger partial charge < -0.3 is 15.4 Å². The number of nitrogens with two attached hydrogens (primary N) is 1. The molecule has 1 aromatic rings. The Bertz CT molecular complexity index is 485. The fourth-order valence-corrected chi connectivity index (χ4v) is 2.62. The third kappa shape index (κ3) is 3.10. The molecule has 1 aliphatic rings. The summed E-state index contributed by atoms with van der Waals surface area (Å²) in [7, 11) is 1.70. The Kier molecular flexibility index (Phi) is 4.60. The maximum Gasteiger partial charge on any atom is 0.140 e. The van der Waals surface area contributed by atoms with E-state index in [4.69, 9.17) is 15.9 Å². The number of nitrogen functional groups attached to an aromatic ring is 1. The summed E-state index contributed by atoms with van der Waals surface area (Å²) >= 11 is 0. The van der Waals surface area contributed by atoms with Gasteiger partial charge in [-0.25, -0.2) is 4.98 Å². The van der Waals surface area contributed by atoms with Crippen LogP contribution in [0, 0.1) is 18.3 Å². The van der Waals surface area contributed by atoms with Crippen LogP contribution in [0.25, 0.3) is 0 Å². The SMILES string of the molecule is COCCN(c1nccc(C)c1C(=N)N)C(C)C1CC1. The van der Waals surface area contributed by atoms with Crippen molar-refractivity contribution in [1.29, 1.82) is 5.41 Å². The number of anilines is 1. The minimum Gasteiger partial charge on any atom is -0.384 e. The highest BCUT2D eigenvalue weighted by molar-refractivity contribution is 6.01. The van der Waals surface area contributed by atoms with E-state index in [1.807, 2.05) is 13.0 Å². The number of ether oxygens (including phenoxy) is 1. The Morgan fingerprint density at radius 2 is 2.30 bits per heavy atom. The molecule has 0 aromatic carbocycles. The van der Waals surface area contributed by atoms with Crippen LogP contribution >= 0.6 is 0 Å².